The van der Waals surface area contributed by atoms with Crippen molar-refractivity contribution < 1.29 is 0 Å². The van der Waals surface area contributed by atoms with Gasteiger partial charge in [0.05, 0.1) is 12.7 Å². The van der Waals surface area contributed by atoms with Gasteiger partial charge in [-0.15, -0.1) is 0 Å². The Morgan fingerprint density at radius 2 is 2.21 bits per heavy atom. The number of hydrogen-bond acceptors (Lipinski definition) is 3. The van der Waals surface area contributed by atoms with Crippen molar-refractivity contribution in [3.05, 3.63) is 37.4 Å². The first-order valence-corrected chi connectivity index (χ1v) is 4.52. The Bertz CT molecular complexity index is 270. The van der Waals surface area contributed by atoms with Crippen LogP contribution in [0.5, 0.6) is 0 Å². The normalized spacial score (nSPS) is 9.21. The highest BCUT2D eigenvalue weighted by molar-refractivity contribution is 4.73. The maximum atomic E-state index is 5.31. The summed E-state index contributed by atoms with van der Waals surface area (Å²) in [6, 6.07) is 0. The summed E-state index contributed by atoms with van der Waals surface area (Å²) in [5, 5.41) is 0. The Balaban J connectivity index is 0.000000165. The van der Waals surface area contributed by atoms with Gasteiger partial charge in [0.25, 0.3) is 0 Å². The van der Waals surface area contributed by atoms with Crippen molar-refractivity contribution in [1.29, 1.82) is 0 Å². The van der Waals surface area contributed by atoms with Crippen LogP contribution in [0.25, 0.3) is 0 Å². The summed E-state index contributed by atoms with van der Waals surface area (Å²) >= 11 is 0. The molecule has 0 aliphatic heterocycles. The molecule has 0 bridgehead atoms. The van der Waals surface area contributed by atoms with E-state index in [-0.39, 0.29) is 0 Å². The zero-order valence-corrected chi connectivity index (χ0v) is 8.00. The topological polar surface area (TPSA) is 72.5 Å². The summed E-state index contributed by atoms with van der Waals surface area (Å²) < 4.78 is 2.02. The SMILES string of the molecule is NCCCn1ccnc1.c1c[nH]cn1. The molecule has 2 heterocycles. The molecule has 2 aromatic rings. The van der Waals surface area contributed by atoms with Crippen LogP contribution in [0.1, 0.15) is 6.42 Å². The van der Waals surface area contributed by atoms with Crippen LogP contribution >= 0.6 is 0 Å². The lowest BCUT2D eigenvalue weighted by Crippen LogP contribution is -2.03. The molecule has 5 heteroatoms. The van der Waals surface area contributed by atoms with Gasteiger partial charge in [-0.2, -0.15) is 0 Å². The molecule has 0 spiro atoms. The van der Waals surface area contributed by atoms with E-state index >= 15 is 0 Å². The fourth-order valence-electron chi connectivity index (χ4n) is 0.908. The second-order valence-corrected chi connectivity index (χ2v) is 2.70. The van der Waals surface area contributed by atoms with Gasteiger partial charge in [-0.1, -0.05) is 0 Å². The van der Waals surface area contributed by atoms with Gasteiger partial charge in [0, 0.05) is 31.3 Å². The number of H-pyrrole nitrogens is 1. The van der Waals surface area contributed by atoms with Crippen molar-refractivity contribution in [2.75, 3.05) is 6.54 Å². The van der Waals surface area contributed by atoms with Crippen molar-refractivity contribution in [2.45, 2.75) is 13.0 Å². The zero-order valence-electron chi connectivity index (χ0n) is 8.00. The lowest BCUT2D eigenvalue weighted by molar-refractivity contribution is 0.650. The van der Waals surface area contributed by atoms with Crippen molar-refractivity contribution >= 4 is 0 Å². The van der Waals surface area contributed by atoms with Crippen LogP contribution in [-0.4, -0.2) is 26.1 Å². The Morgan fingerprint density at radius 3 is 2.64 bits per heavy atom. The highest BCUT2D eigenvalue weighted by Gasteiger charge is 1.85. The van der Waals surface area contributed by atoms with Gasteiger partial charge in [-0.3, -0.25) is 0 Å². The molecular weight excluding hydrogens is 178 g/mol. The summed E-state index contributed by atoms with van der Waals surface area (Å²) in [5.74, 6) is 0. The lowest BCUT2D eigenvalue weighted by atomic mass is 10.4. The molecule has 0 saturated carbocycles. The summed E-state index contributed by atoms with van der Waals surface area (Å²) in [6.45, 7) is 1.73. The van der Waals surface area contributed by atoms with Crippen molar-refractivity contribution in [1.82, 2.24) is 19.5 Å². The fourth-order valence-corrected chi connectivity index (χ4v) is 0.908. The summed E-state index contributed by atoms with van der Waals surface area (Å²) in [6.07, 6.45) is 11.6. The predicted octanol–water partition coefficient (Wildman–Crippen LogP) is 0.642. The molecule has 0 saturated heterocycles. The largest absolute Gasteiger partial charge is 0.351 e. The van der Waals surface area contributed by atoms with E-state index in [9.17, 15) is 0 Å². The first kappa shape index (κ1) is 10.5. The van der Waals surface area contributed by atoms with Crippen LogP contribution < -0.4 is 5.73 Å². The van der Waals surface area contributed by atoms with Gasteiger partial charge in [-0.25, -0.2) is 9.97 Å². The van der Waals surface area contributed by atoms with Crippen molar-refractivity contribution in [3.8, 4) is 0 Å². The van der Waals surface area contributed by atoms with Crippen LogP contribution in [0.15, 0.2) is 37.4 Å². The third-order valence-corrected chi connectivity index (χ3v) is 1.59. The number of rotatable bonds is 3. The minimum atomic E-state index is 0.748. The monoisotopic (exact) mass is 193 g/mol. The van der Waals surface area contributed by atoms with Crippen molar-refractivity contribution in [2.24, 2.45) is 5.73 Å². The van der Waals surface area contributed by atoms with E-state index in [0.717, 1.165) is 19.5 Å². The number of aromatic amines is 1. The Kier molecular flexibility index (Phi) is 5.12. The van der Waals surface area contributed by atoms with E-state index in [0.29, 0.717) is 0 Å². The van der Waals surface area contributed by atoms with Crippen molar-refractivity contribution in [3.63, 3.8) is 0 Å². The lowest BCUT2D eigenvalue weighted by Gasteiger charge is -1.96. The van der Waals surface area contributed by atoms with E-state index in [1.54, 1.807) is 31.2 Å². The molecule has 14 heavy (non-hydrogen) atoms. The summed E-state index contributed by atoms with van der Waals surface area (Å²) in [5.41, 5.74) is 5.31. The molecule has 76 valence electrons. The number of hydrogen-bond donors (Lipinski definition) is 2. The molecule has 0 unspecified atom stereocenters. The number of nitrogens with two attached hydrogens (primary N) is 1. The van der Waals surface area contributed by atoms with E-state index in [2.05, 4.69) is 15.0 Å². The van der Waals surface area contributed by atoms with Crippen LogP contribution in [0.3, 0.4) is 0 Å². The molecule has 0 atom stereocenters. The number of nitrogens with one attached hydrogen (secondary N) is 1. The molecule has 2 rings (SSSR count). The number of imidazole rings is 2. The van der Waals surface area contributed by atoms with Gasteiger partial charge >= 0.3 is 0 Å². The molecule has 3 N–H and O–H groups in total. The summed E-state index contributed by atoms with van der Waals surface area (Å²) in [7, 11) is 0. The van der Waals surface area contributed by atoms with Gasteiger partial charge in [-0.05, 0) is 13.0 Å². The average molecular weight is 193 g/mol. The highest BCUT2D eigenvalue weighted by Crippen LogP contribution is 1.87. The minimum Gasteiger partial charge on any atom is -0.351 e. The summed E-state index contributed by atoms with van der Waals surface area (Å²) in [4.78, 5) is 10.3. The minimum absolute atomic E-state index is 0.748. The third-order valence-electron chi connectivity index (χ3n) is 1.59. The van der Waals surface area contributed by atoms with E-state index < -0.39 is 0 Å². The van der Waals surface area contributed by atoms with Crippen LogP contribution in [-0.2, 0) is 6.54 Å². The Morgan fingerprint density at radius 1 is 1.29 bits per heavy atom. The second kappa shape index (κ2) is 6.85. The van der Waals surface area contributed by atoms with Gasteiger partial charge in [0.15, 0.2) is 0 Å². The Hall–Kier alpha value is -1.62. The van der Waals surface area contributed by atoms with Crippen LogP contribution in [0.4, 0.5) is 0 Å². The molecule has 0 aliphatic rings. The van der Waals surface area contributed by atoms with E-state index in [4.69, 9.17) is 5.73 Å². The van der Waals surface area contributed by atoms with Gasteiger partial charge in [0.1, 0.15) is 0 Å². The first-order chi connectivity index (χ1) is 6.93. The standard InChI is InChI=1S/C6H11N3.C3H4N2/c7-2-1-4-9-5-3-8-6-9;1-2-5-3-4-1/h3,5-6H,1-2,4,7H2;1-3H,(H,4,5). The zero-order chi connectivity index (χ0) is 10.1. The number of aryl methyl sites for hydroxylation is 1. The van der Waals surface area contributed by atoms with Crippen LogP contribution in [0, 0.1) is 0 Å². The second-order valence-electron chi connectivity index (χ2n) is 2.70. The number of aromatic nitrogens is 4. The molecule has 5 nitrogen and oxygen atoms in total. The van der Waals surface area contributed by atoms with Gasteiger partial charge in [0.2, 0.25) is 0 Å². The van der Waals surface area contributed by atoms with Crippen LogP contribution in [0.2, 0.25) is 0 Å². The molecule has 0 aromatic carbocycles. The molecule has 0 fully saturated rings. The first-order valence-electron chi connectivity index (χ1n) is 4.52. The average Bonchev–Trinajstić information content (AvgIpc) is 2.90. The quantitative estimate of drug-likeness (QED) is 0.751. The number of nitrogens with zero attached hydrogens (tertiary/aromatic N) is 3. The van der Waals surface area contributed by atoms with E-state index in [1.165, 1.54) is 0 Å². The molecule has 0 aliphatic carbocycles. The maximum absolute atomic E-state index is 5.31. The predicted molar refractivity (Wildman–Crippen MR) is 54.5 cm³/mol. The maximum Gasteiger partial charge on any atom is 0.0945 e. The molecule has 0 radical (unpaired) electrons. The molecule has 2 aromatic heterocycles. The van der Waals surface area contributed by atoms with E-state index in [1.807, 2.05) is 10.8 Å². The Labute approximate surface area is 83.0 Å². The molecular formula is C9H15N5. The van der Waals surface area contributed by atoms with Gasteiger partial charge < -0.3 is 15.3 Å². The molecule has 0 amide bonds. The smallest absolute Gasteiger partial charge is 0.0945 e. The fraction of sp³-hybridized carbons (Fsp3) is 0.333. The highest BCUT2D eigenvalue weighted by atomic mass is 15.0. The third kappa shape index (κ3) is 4.42.